The van der Waals surface area contributed by atoms with E-state index in [1.165, 1.54) is 6.07 Å². The predicted octanol–water partition coefficient (Wildman–Crippen LogP) is 2.24. The van der Waals surface area contributed by atoms with Gasteiger partial charge in [-0.15, -0.1) is 0 Å². The number of carbonyl (C=O) groups is 1. The van der Waals surface area contributed by atoms with E-state index < -0.39 is 0 Å². The largest absolute Gasteiger partial charge is 0.493 e. The fourth-order valence-corrected chi connectivity index (χ4v) is 2.74. The van der Waals surface area contributed by atoms with Crippen LogP contribution in [0.2, 0.25) is 0 Å². The van der Waals surface area contributed by atoms with Crippen molar-refractivity contribution in [1.29, 1.82) is 0 Å². The molecule has 2 aromatic rings. The van der Waals surface area contributed by atoms with Gasteiger partial charge in [0, 0.05) is 12.1 Å². The number of quaternary nitrogens is 1. The van der Waals surface area contributed by atoms with Crippen LogP contribution < -0.4 is 19.7 Å². The molecule has 0 spiro atoms. The molecule has 1 unspecified atom stereocenters. The number of hydrogen-bond donors (Lipinski definition) is 2. The normalized spacial score (nSPS) is 13.0. The standard InChI is InChI=1S/C21H27FN2O3/c1-14-6-8-17(13-18(14)22)23-21(25)15(2)24(3)11-10-16-7-9-19(26-4)20(12-16)27-5/h6-9,12-13,15H,10-11H2,1-5H3,(H,23,25)/p+1/t15-/m1/s1. The van der Waals surface area contributed by atoms with E-state index in [4.69, 9.17) is 9.47 Å². The van der Waals surface area contributed by atoms with E-state index in [9.17, 15) is 9.18 Å². The lowest BCUT2D eigenvalue weighted by Gasteiger charge is -2.21. The van der Waals surface area contributed by atoms with Crippen LogP contribution in [0.1, 0.15) is 18.1 Å². The average Bonchev–Trinajstić information content (AvgIpc) is 2.67. The van der Waals surface area contributed by atoms with Gasteiger partial charge in [-0.25, -0.2) is 4.39 Å². The molecule has 2 atom stereocenters. The second-order valence-electron chi connectivity index (χ2n) is 6.71. The van der Waals surface area contributed by atoms with Crippen LogP contribution in [-0.2, 0) is 11.2 Å². The molecule has 0 aliphatic rings. The third-order valence-corrected chi connectivity index (χ3v) is 4.83. The molecule has 2 aromatic carbocycles. The molecule has 27 heavy (non-hydrogen) atoms. The van der Waals surface area contributed by atoms with E-state index in [0.717, 1.165) is 23.4 Å². The van der Waals surface area contributed by atoms with Gasteiger partial charge in [0.2, 0.25) is 0 Å². The van der Waals surface area contributed by atoms with Gasteiger partial charge in [0.1, 0.15) is 5.82 Å². The SMILES string of the molecule is COc1ccc(CC[NH+](C)[C@H](C)C(=O)Nc2ccc(C)c(F)c2)cc1OC. The van der Waals surface area contributed by atoms with E-state index >= 15 is 0 Å². The van der Waals surface area contributed by atoms with Gasteiger partial charge in [-0.05, 0) is 49.2 Å². The lowest BCUT2D eigenvalue weighted by molar-refractivity contribution is -0.893. The molecule has 146 valence electrons. The van der Waals surface area contributed by atoms with Crippen LogP contribution in [0, 0.1) is 12.7 Å². The second kappa shape index (κ2) is 9.37. The Morgan fingerprint density at radius 2 is 1.85 bits per heavy atom. The molecule has 0 heterocycles. The summed E-state index contributed by atoms with van der Waals surface area (Å²) >= 11 is 0. The average molecular weight is 375 g/mol. The first-order valence-corrected chi connectivity index (χ1v) is 8.96. The molecule has 2 N–H and O–H groups in total. The van der Waals surface area contributed by atoms with Gasteiger partial charge in [0.25, 0.3) is 5.91 Å². The van der Waals surface area contributed by atoms with E-state index in [1.807, 2.05) is 32.2 Å². The number of ether oxygens (including phenoxy) is 2. The molecule has 0 aromatic heterocycles. The zero-order chi connectivity index (χ0) is 20.0. The first-order chi connectivity index (χ1) is 12.8. The maximum absolute atomic E-state index is 13.6. The van der Waals surface area contributed by atoms with E-state index in [-0.39, 0.29) is 17.8 Å². The number of benzene rings is 2. The molecule has 0 aliphatic carbocycles. The Bertz CT molecular complexity index is 795. The first kappa shape index (κ1) is 20.7. The summed E-state index contributed by atoms with van der Waals surface area (Å²) in [4.78, 5) is 13.5. The van der Waals surface area contributed by atoms with Crippen molar-refractivity contribution in [3.05, 3.63) is 53.3 Å². The summed E-state index contributed by atoms with van der Waals surface area (Å²) in [6.45, 7) is 4.33. The van der Waals surface area contributed by atoms with Crippen LogP contribution >= 0.6 is 0 Å². The molecule has 0 radical (unpaired) electrons. The summed E-state index contributed by atoms with van der Waals surface area (Å²) in [5.74, 6) is 0.928. The molecule has 0 aliphatic heterocycles. The number of halogens is 1. The zero-order valence-electron chi connectivity index (χ0n) is 16.6. The van der Waals surface area contributed by atoms with Gasteiger partial charge in [-0.3, -0.25) is 4.79 Å². The number of methoxy groups -OCH3 is 2. The Morgan fingerprint density at radius 3 is 2.48 bits per heavy atom. The molecule has 0 fully saturated rings. The van der Waals surface area contributed by atoms with Crippen LogP contribution in [0.3, 0.4) is 0 Å². The van der Waals surface area contributed by atoms with Gasteiger partial charge in [0.05, 0.1) is 27.8 Å². The summed E-state index contributed by atoms with van der Waals surface area (Å²) in [6, 6.07) is 10.3. The number of rotatable bonds is 8. The van der Waals surface area contributed by atoms with Crippen molar-refractivity contribution in [3.8, 4) is 11.5 Å². The third kappa shape index (κ3) is 5.44. The zero-order valence-corrected chi connectivity index (χ0v) is 16.6. The third-order valence-electron chi connectivity index (χ3n) is 4.83. The smallest absolute Gasteiger partial charge is 0.282 e. The van der Waals surface area contributed by atoms with Crippen molar-refractivity contribution < 1.29 is 23.6 Å². The van der Waals surface area contributed by atoms with Crippen molar-refractivity contribution in [2.24, 2.45) is 0 Å². The number of likely N-dealkylation sites (N-methyl/N-ethyl adjacent to an activating group) is 1. The van der Waals surface area contributed by atoms with Gasteiger partial charge in [0.15, 0.2) is 17.5 Å². The Kier molecular flexibility index (Phi) is 7.19. The molecule has 6 heteroatoms. The lowest BCUT2D eigenvalue weighted by Crippen LogP contribution is -3.14. The van der Waals surface area contributed by atoms with Gasteiger partial charge in [-0.1, -0.05) is 12.1 Å². The highest BCUT2D eigenvalue weighted by Gasteiger charge is 2.22. The highest BCUT2D eigenvalue weighted by atomic mass is 19.1. The molecular formula is C21H28FN2O3+. The highest BCUT2D eigenvalue weighted by molar-refractivity contribution is 5.93. The number of hydrogen-bond acceptors (Lipinski definition) is 3. The number of amides is 1. The monoisotopic (exact) mass is 375 g/mol. The molecular weight excluding hydrogens is 347 g/mol. The summed E-state index contributed by atoms with van der Waals surface area (Å²) in [5, 5.41) is 2.79. The van der Waals surface area contributed by atoms with E-state index in [1.54, 1.807) is 33.3 Å². The van der Waals surface area contributed by atoms with Crippen LogP contribution in [0.4, 0.5) is 10.1 Å². The number of anilines is 1. The van der Waals surface area contributed by atoms with Crippen molar-refractivity contribution in [1.82, 2.24) is 0 Å². The number of aryl methyl sites for hydroxylation is 1. The molecule has 0 saturated carbocycles. The minimum absolute atomic E-state index is 0.136. The van der Waals surface area contributed by atoms with Crippen LogP contribution in [-0.4, -0.2) is 39.8 Å². The van der Waals surface area contributed by atoms with E-state index in [0.29, 0.717) is 22.7 Å². The minimum Gasteiger partial charge on any atom is -0.493 e. The van der Waals surface area contributed by atoms with Crippen molar-refractivity contribution in [3.63, 3.8) is 0 Å². The molecule has 1 amide bonds. The van der Waals surface area contributed by atoms with Gasteiger partial charge < -0.3 is 19.7 Å². The molecule has 0 saturated heterocycles. The molecule has 2 rings (SSSR count). The van der Waals surface area contributed by atoms with Crippen molar-refractivity contribution in [2.75, 3.05) is 33.1 Å². The number of nitrogens with one attached hydrogen (secondary N) is 2. The van der Waals surface area contributed by atoms with Gasteiger partial charge in [-0.2, -0.15) is 0 Å². The fourth-order valence-electron chi connectivity index (χ4n) is 2.74. The molecule has 5 nitrogen and oxygen atoms in total. The summed E-state index contributed by atoms with van der Waals surface area (Å²) in [5.41, 5.74) is 2.14. The van der Waals surface area contributed by atoms with Crippen LogP contribution in [0.25, 0.3) is 0 Å². The van der Waals surface area contributed by atoms with E-state index in [2.05, 4.69) is 5.32 Å². The Hall–Kier alpha value is -2.60. The predicted molar refractivity (Wildman–Crippen MR) is 104 cm³/mol. The quantitative estimate of drug-likeness (QED) is 0.744. The summed E-state index contributed by atoms with van der Waals surface area (Å²) in [6.07, 6.45) is 0.795. The van der Waals surface area contributed by atoms with Gasteiger partial charge >= 0.3 is 0 Å². The Balaban J connectivity index is 1.93. The summed E-state index contributed by atoms with van der Waals surface area (Å²) in [7, 11) is 5.19. The Morgan fingerprint density at radius 1 is 1.15 bits per heavy atom. The Labute approximate surface area is 160 Å². The maximum Gasteiger partial charge on any atom is 0.282 e. The number of carbonyl (C=O) groups excluding carboxylic acids is 1. The molecule has 0 bridgehead atoms. The first-order valence-electron chi connectivity index (χ1n) is 8.96. The van der Waals surface area contributed by atoms with Crippen molar-refractivity contribution >= 4 is 11.6 Å². The topological polar surface area (TPSA) is 52.0 Å². The maximum atomic E-state index is 13.6. The fraction of sp³-hybridized carbons (Fsp3) is 0.381. The van der Waals surface area contributed by atoms with Crippen LogP contribution in [0.5, 0.6) is 11.5 Å². The van der Waals surface area contributed by atoms with Crippen molar-refractivity contribution in [2.45, 2.75) is 26.3 Å². The highest BCUT2D eigenvalue weighted by Crippen LogP contribution is 2.27. The minimum atomic E-state index is -0.324. The summed E-state index contributed by atoms with van der Waals surface area (Å²) < 4.78 is 24.2. The van der Waals surface area contributed by atoms with Crippen LogP contribution in [0.15, 0.2) is 36.4 Å². The lowest BCUT2D eigenvalue weighted by atomic mass is 10.1. The second-order valence-corrected chi connectivity index (χ2v) is 6.71.